The number of fused-ring (bicyclic) bond motifs is 3. The highest BCUT2D eigenvalue weighted by Crippen LogP contribution is 2.29. The first kappa shape index (κ1) is 101. The number of likely N-dealkylation sites (N-methyl/N-ethyl adjacent to an activating group) is 3. The number of aliphatic hydroxyl groups is 2. The standard InChI is InChI=1S/C95H116F2N14O20S/c1-9-10-25-76-94(130)111-49-65(116)45-79(111)90(126)104-73(46-82(118)119)87(123)106-83(54(4)5)95(131)108(7)77(41-55-19-13-11-14-20-55)88(124)105-75(39-58-28-33-63(114)34-29-58)92(128)110-48-64(115)44-78(110)89(125)103-72(43-60-47-98-69-24-18-17-23-66(60)69)86(122)102-71(38-57-26-31-62(113)32-27-57)85(121)101-70(36-53(2)3)84(120)99-61(50-112)51-132-52-81(117)100-74(40-59-30-35-67(96)68(97)37-59)91(127)109(8)80(93(129)107(76)6)42-56-21-15-12-16-22-56/h11-24,26-35,37,47,50,53-54,61,64-65,70-80,83,98,113-116H,9-10,25,36,38-46,48-49,51-52H2,1-8H3,(H,99,120)(H,100,117)(H,101,121)(H,102,122)(H,103,125)(H,104,126)(H,105,124)(H,106,123)(H,118,119)/t61-,64+,65+,70+,71+,72+,73+,74+,75+,76+,77-,78-,79-,80+,83+/m1/s1. The van der Waals surface area contributed by atoms with Gasteiger partial charge in [0.2, 0.25) is 76.8 Å². The molecule has 0 spiro atoms. The first-order valence-electron chi connectivity index (χ1n) is 44.0. The van der Waals surface area contributed by atoms with Crippen LogP contribution in [0.3, 0.4) is 0 Å². The van der Waals surface area contributed by atoms with Crippen LogP contribution in [-0.4, -0.2) is 281 Å². The molecule has 706 valence electrons. The Morgan fingerprint density at radius 3 is 1.51 bits per heavy atom. The van der Waals surface area contributed by atoms with Crippen LogP contribution in [-0.2, 0) is 110 Å². The van der Waals surface area contributed by atoms with Crippen molar-refractivity contribution in [2.45, 2.75) is 209 Å². The van der Waals surface area contributed by atoms with Crippen LogP contribution in [0.25, 0.3) is 10.9 Å². The fraction of sp³-hybridized carbons (Fsp3) is 0.442. The largest absolute Gasteiger partial charge is 0.508 e. The molecular formula is C95H116F2N14O20S. The van der Waals surface area contributed by atoms with Gasteiger partial charge in [0, 0.05) is 108 Å². The van der Waals surface area contributed by atoms with Gasteiger partial charge in [0.1, 0.15) is 90.3 Å². The second kappa shape index (κ2) is 47.1. The molecule has 3 aliphatic rings. The highest BCUT2D eigenvalue weighted by atomic mass is 32.2. The maximum Gasteiger partial charge on any atom is 0.305 e. The van der Waals surface area contributed by atoms with Crippen molar-refractivity contribution in [1.82, 2.24) is 72.0 Å². The van der Waals surface area contributed by atoms with E-state index >= 15 is 47.5 Å². The molecule has 132 heavy (non-hydrogen) atoms. The van der Waals surface area contributed by atoms with E-state index < -0.39 is 236 Å². The molecule has 15 atom stereocenters. The van der Waals surface area contributed by atoms with E-state index in [1.54, 1.807) is 112 Å². The predicted octanol–water partition coefficient (Wildman–Crippen LogP) is 3.21. The average Bonchev–Trinajstić information content (AvgIpc) is 1.61. The number of carbonyl (C=O) groups excluding carboxylic acids is 14. The third kappa shape index (κ3) is 27.3. The number of carboxylic acid groups (broad SMARTS) is 1. The number of H-pyrrole nitrogens is 1. The number of nitrogens with one attached hydrogen (secondary N) is 9. The summed E-state index contributed by atoms with van der Waals surface area (Å²) >= 11 is 0.815. The topological polar surface area (TPSA) is 485 Å². The van der Waals surface area contributed by atoms with Crippen molar-refractivity contribution in [3.63, 3.8) is 0 Å². The van der Waals surface area contributed by atoms with Gasteiger partial charge in [-0.25, -0.2) is 8.78 Å². The molecule has 0 bridgehead atoms. The number of unbranched alkanes of at least 4 members (excludes halogenated alkanes) is 1. The van der Waals surface area contributed by atoms with Crippen molar-refractivity contribution in [3.05, 3.63) is 203 Å². The molecule has 0 aliphatic carbocycles. The number of halogens is 2. The number of para-hydroxylation sites is 1. The summed E-state index contributed by atoms with van der Waals surface area (Å²) in [6.45, 7) is 7.31. The van der Waals surface area contributed by atoms with Crippen molar-refractivity contribution < 1.29 is 106 Å². The van der Waals surface area contributed by atoms with Crippen LogP contribution < -0.4 is 42.5 Å². The van der Waals surface area contributed by atoms with Crippen LogP contribution in [0.5, 0.6) is 11.5 Å². The number of carbonyl (C=O) groups is 15. The number of aromatic hydroxyl groups is 2. The van der Waals surface area contributed by atoms with Crippen LogP contribution >= 0.6 is 11.8 Å². The van der Waals surface area contributed by atoms with E-state index in [0.717, 1.165) is 48.4 Å². The molecule has 0 unspecified atom stereocenters. The van der Waals surface area contributed by atoms with E-state index in [-0.39, 0.29) is 80.1 Å². The second-order valence-corrected chi connectivity index (χ2v) is 35.6. The van der Waals surface area contributed by atoms with E-state index in [1.165, 1.54) is 89.6 Å². The number of phenolic OH excluding ortho intramolecular Hbond substituents is 2. The van der Waals surface area contributed by atoms with Gasteiger partial charge in [0.05, 0.1) is 30.4 Å². The number of rotatable bonds is 21. The van der Waals surface area contributed by atoms with Crippen molar-refractivity contribution in [2.24, 2.45) is 11.8 Å². The zero-order valence-corrected chi connectivity index (χ0v) is 75.5. The first-order chi connectivity index (χ1) is 62.9. The molecule has 0 radical (unpaired) electrons. The minimum Gasteiger partial charge on any atom is -0.508 e. The number of aliphatic carboxylic acids is 1. The number of hydrogen-bond donors (Lipinski definition) is 14. The van der Waals surface area contributed by atoms with Gasteiger partial charge in [-0.15, -0.1) is 11.8 Å². The molecule has 7 aromatic rings. The summed E-state index contributed by atoms with van der Waals surface area (Å²) in [6, 6.07) is 16.8. The van der Waals surface area contributed by atoms with Gasteiger partial charge in [-0.3, -0.25) is 67.1 Å². The third-order valence-electron chi connectivity index (χ3n) is 23.8. The van der Waals surface area contributed by atoms with E-state index in [9.17, 15) is 58.7 Å². The fourth-order valence-corrected chi connectivity index (χ4v) is 17.4. The minimum atomic E-state index is -2.02. The molecule has 4 heterocycles. The normalized spacial score (nSPS) is 24.8. The Morgan fingerprint density at radius 1 is 0.477 bits per heavy atom. The predicted molar refractivity (Wildman–Crippen MR) is 483 cm³/mol. The maximum atomic E-state index is 15.8. The molecule has 3 fully saturated rings. The molecule has 34 nitrogen and oxygen atoms in total. The molecule has 3 aliphatic heterocycles. The monoisotopic (exact) mass is 1840 g/mol. The zero-order chi connectivity index (χ0) is 95.9. The number of aromatic amines is 1. The molecule has 3 saturated heterocycles. The van der Waals surface area contributed by atoms with Crippen molar-refractivity contribution in [2.75, 3.05) is 45.7 Å². The number of nitrogens with zero attached hydrogens (tertiary/aromatic N) is 5. The quantitative estimate of drug-likeness (QED) is 0.0459. The van der Waals surface area contributed by atoms with Gasteiger partial charge in [-0.1, -0.05) is 157 Å². The van der Waals surface area contributed by atoms with Crippen LogP contribution in [0.2, 0.25) is 0 Å². The van der Waals surface area contributed by atoms with E-state index in [4.69, 9.17) is 0 Å². The highest BCUT2D eigenvalue weighted by Gasteiger charge is 2.48. The summed E-state index contributed by atoms with van der Waals surface area (Å²) in [5.74, 6) is -19.1. The van der Waals surface area contributed by atoms with Gasteiger partial charge in [0.25, 0.3) is 0 Å². The Hall–Kier alpha value is -13.2. The zero-order valence-electron chi connectivity index (χ0n) is 74.7. The molecule has 10 rings (SSSR count). The number of amides is 13. The Balaban J connectivity index is 1.04. The number of benzene rings is 6. The molecule has 6 aromatic carbocycles. The number of aromatic nitrogens is 1. The fourth-order valence-electron chi connectivity index (χ4n) is 16.6. The second-order valence-electron chi connectivity index (χ2n) is 34.6. The molecule has 14 N–H and O–H groups in total. The lowest BCUT2D eigenvalue weighted by Gasteiger charge is -2.38. The molecule has 1 aromatic heterocycles. The van der Waals surface area contributed by atoms with E-state index in [0.29, 0.717) is 51.4 Å². The third-order valence-corrected chi connectivity index (χ3v) is 24.9. The number of aldehydes is 1. The van der Waals surface area contributed by atoms with Crippen molar-refractivity contribution in [1.29, 1.82) is 0 Å². The van der Waals surface area contributed by atoms with Gasteiger partial charge >= 0.3 is 5.97 Å². The number of hydrogen-bond acceptors (Lipinski definition) is 20. The number of carboxylic acids is 1. The Morgan fingerprint density at radius 2 is 0.947 bits per heavy atom. The number of aliphatic hydroxyl groups excluding tert-OH is 2. The van der Waals surface area contributed by atoms with Crippen LogP contribution in [0.1, 0.15) is 113 Å². The van der Waals surface area contributed by atoms with Crippen LogP contribution in [0, 0.1) is 23.5 Å². The molecule has 13 amide bonds. The number of phenols is 2. The van der Waals surface area contributed by atoms with Gasteiger partial charge < -0.3 is 102 Å². The Labute approximate surface area is 766 Å². The summed E-state index contributed by atoms with van der Waals surface area (Å²) < 4.78 is 29.7. The lowest BCUT2D eigenvalue weighted by atomic mass is 9.98. The van der Waals surface area contributed by atoms with Crippen molar-refractivity contribution in [3.8, 4) is 11.5 Å². The van der Waals surface area contributed by atoms with Crippen molar-refractivity contribution >= 4 is 112 Å². The van der Waals surface area contributed by atoms with Crippen LogP contribution in [0.4, 0.5) is 8.78 Å². The van der Waals surface area contributed by atoms with Gasteiger partial charge in [-0.05, 0) is 101 Å². The summed E-state index contributed by atoms with van der Waals surface area (Å²) in [7, 11) is 3.79. The molecule has 37 heteroatoms. The minimum absolute atomic E-state index is 0.0123. The van der Waals surface area contributed by atoms with Crippen LogP contribution in [0.15, 0.2) is 158 Å². The summed E-state index contributed by atoms with van der Waals surface area (Å²) in [5, 5.41) is 76.3. The first-order valence-corrected chi connectivity index (χ1v) is 45.1. The molecule has 0 saturated carbocycles. The SMILES string of the molecule is CCCC[C@H]1C(=O)N2C[C@@H](O)C[C@@H]2C(=O)N[C@@H](CC(=O)O)C(=O)N[C@@H](C(C)C)C(=O)N(C)[C@H](Cc2ccccc2)C(=O)N[C@@H](Cc2ccc(O)cc2)C(=O)N2C[C@@H](O)C[C@@H]2C(=O)N[C@@H](Cc2c[nH]c3ccccc23)C(=O)N[C@@H](Cc2ccc(O)cc2)C(=O)N[C@@H](CC(C)C)C(=O)N[C@H](C=O)CSCC(=O)N[C@@H](Cc2ccc(F)c(F)c2)C(=O)N(C)[C@@H](Cc2ccccc2)C(=O)N1C. The highest BCUT2D eigenvalue weighted by molar-refractivity contribution is 8.00. The Bertz CT molecular complexity index is 5270. The van der Waals surface area contributed by atoms with Gasteiger partial charge in [-0.2, -0.15) is 0 Å². The number of thioether (sulfide) groups is 1. The summed E-state index contributed by atoms with van der Waals surface area (Å²) in [4.78, 5) is 233. The van der Waals surface area contributed by atoms with Gasteiger partial charge in [0.15, 0.2) is 11.6 Å². The summed E-state index contributed by atoms with van der Waals surface area (Å²) in [5.41, 5.74) is 2.83. The average molecular weight is 1840 g/mol. The van der Waals surface area contributed by atoms with E-state index in [1.807, 2.05) is 0 Å². The lowest BCUT2D eigenvalue weighted by Crippen LogP contribution is -2.62. The summed E-state index contributed by atoms with van der Waals surface area (Å²) in [6.07, 6.45) is -4.28. The smallest absolute Gasteiger partial charge is 0.305 e. The van der Waals surface area contributed by atoms with E-state index in [2.05, 4.69) is 47.5 Å². The maximum absolute atomic E-state index is 15.8. The lowest BCUT2D eigenvalue weighted by molar-refractivity contribution is -0.152. The Kier molecular flexibility index (Phi) is 36.0. The molecular weight excluding hydrogens is 1730 g/mol.